The van der Waals surface area contributed by atoms with Gasteiger partial charge in [-0.3, -0.25) is 10.1 Å². The molecule has 0 aliphatic heterocycles. The molecule has 0 rings (SSSR count). The third-order valence-electron chi connectivity index (χ3n) is 3.42. The van der Waals surface area contributed by atoms with Crippen LogP contribution in [0.4, 0.5) is 0 Å². The number of aliphatic hydroxyl groups is 1. The molecule has 0 heterocycles. The van der Waals surface area contributed by atoms with Gasteiger partial charge in [-0.1, -0.05) is 58.8 Å². The van der Waals surface area contributed by atoms with Crippen LogP contribution in [0, 0.1) is 10.1 Å². The summed E-state index contributed by atoms with van der Waals surface area (Å²) in [7, 11) is 0. The van der Waals surface area contributed by atoms with E-state index in [0.29, 0.717) is 12.8 Å². The Morgan fingerprint density at radius 3 is 2.00 bits per heavy atom. The molecule has 0 unspecified atom stereocenters. The Morgan fingerprint density at radius 1 is 0.944 bits per heavy atom. The first-order valence-corrected chi connectivity index (χ1v) is 7.45. The number of hydrogen-bond donors (Lipinski definition) is 1. The van der Waals surface area contributed by atoms with Crippen LogP contribution in [0.1, 0.15) is 78.1 Å². The molecule has 0 radical (unpaired) electrons. The van der Waals surface area contributed by atoms with E-state index in [-0.39, 0.29) is 4.92 Å². The third kappa shape index (κ3) is 8.45. The minimum absolute atomic E-state index is 0.295. The molecule has 108 valence electrons. The predicted octanol–water partition coefficient (Wildman–Crippen LogP) is 3.93. The molecule has 0 aromatic carbocycles. The van der Waals surface area contributed by atoms with E-state index in [1.54, 1.807) is 0 Å². The van der Waals surface area contributed by atoms with Crippen molar-refractivity contribution in [1.82, 2.24) is 0 Å². The van der Waals surface area contributed by atoms with Gasteiger partial charge in [-0.15, -0.1) is 0 Å². The van der Waals surface area contributed by atoms with Crippen LogP contribution in [0.3, 0.4) is 0 Å². The summed E-state index contributed by atoms with van der Waals surface area (Å²) in [5, 5.41) is 20.8. The smallest absolute Gasteiger partial charge is 0.238 e. The van der Waals surface area contributed by atoms with Crippen molar-refractivity contribution in [3.63, 3.8) is 0 Å². The molecular formula is C14H29NO3. The average Bonchev–Trinajstić information content (AvgIpc) is 2.33. The van der Waals surface area contributed by atoms with E-state index in [9.17, 15) is 15.2 Å². The van der Waals surface area contributed by atoms with Crippen molar-refractivity contribution in [3.05, 3.63) is 10.1 Å². The molecule has 0 saturated heterocycles. The zero-order valence-corrected chi connectivity index (χ0v) is 11.9. The molecule has 0 aromatic rings. The van der Waals surface area contributed by atoms with Gasteiger partial charge in [-0.05, 0) is 12.8 Å². The van der Waals surface area contributed by atoms with Crippen LogP contribution in [-0.2, 0) is 0 Å². The number of hydrogen-bond acceptors (Lipinski definition) is 3. The summed E-state index contributed by atoms with van der Waals surface area (Å²) in [6.45, 7) is 4.24. The van der Waals surface area contributed by atoms with E-state index in [1.807, 2.05) is 0 Å². The van der Waals surface area contributed by atoms with Crippen molar-refractivity contribution in [3.8, 4) is 0 Å². The largest absolute Gasteiger partial charge is 0.386 e. The van der Waals surface area contributed by atoms with Crippen LogP contribution in [0.2, 0.25) is 0 Å². The molecule has 0 aromatic heterocycles. The molecule has 0 aliphatic carbocycles. The molecule has 4 heteroatoms. The van der Waals surface area contributed by atoms with Gasteiger partial charge in [-0.25, -0.2) is 0 Å². The molecule has 18 heavy (non-hydrogen) atoms. The van der Waals surface area contributed by atoms with Gasteiger partial charge >= 0.3 is 0 Å². The number of rotatable bonds is 12. The van der Waals surface area contributed by atoms with E-state index in [2.05, 4.69) is 13.8 Å². The Morgan fingerprint density at radius 2 is 1.44 bits per heavy atom. The quantitative estimate of drug-likeness (QED) is 0.328. The lowest BCUT2D eigenvalue weighted by Crippen LogP contribution is -2.33. The normalized spacial score (nSPS) is 14.4. The molecule has 1 N–H and O–H groups in total. The van der Waals surface area contributed by atoms with Crippen molar-refractivity contribution in [2.24, 2.45) is 0 Å². The maximum Gasteiger partial charge on any atom is 0.238 e. The van der Waals surface area contributed by atoms with Gasteiger partial charge < -0.3 is 5.11 Å². The summed E-state index contributed by atoms with van der Waals surface area (Å²) in [5.74, 6) is 0. The minimum atomic E-state index is -0.766. The lowest BCUT2D eigenvalue weighted by atomic mass is 9.99. The highest BCUT2D eigenvalue weighted by Gasteiger charge is 2.28. The van der Waals surface area contributed by atoms with Crippen molar-refractivity contribution < 1.29 is 10.0 Å². The fraction of sp³-hybridized carbons (Fsp3) is 1.00. The molecule has 0 aliphatic rings. The summed E-state index contributed by atoms with van der Waals surface area (Å²) in [6, 6.07) is -0.761. The molecule has 0 bridgehead atoms. The molecule has 0 fully saturated rings. The maximum absolute atomic E-state index is 10.9. The van der Waals surface area contributed by atoms with Gasteiger partial charge in [-0.2, -0.15) is 0 Å². The fourth-order valence-corrected chi connectivity index (χ4v) is 2.19. The van der Waals surface area contributed by atoms with Crippen molar-refractivity contribution in [2.45, 2.75) is 90.2 Å². The number of aliphatic hydroxyl groups excluding tert-OH is 1. The molecule has 2 atom stereocenters. The second-order valence-electron chi connectivity index (χ2n) is 5.12. The first-order chi connectivity index (χ1) is 8.63. The maximum atomic E-state index is 10.9. The Labute approximate surface area is 111 Å². The third-order valence-corrected chi connectivity index (χ3v) is 3.42. The average molecular weight is 259 g/mol. The van der Waals surface area contributed by atoms with Crippen molar-refractivity contribution >= 4 is 0 Å². The summed E-state index contributed by atoms with van der Waals surface area (Å²) >= 11 is 0. The van der Waals surface area contributed by atoms with E-state index >= 15 is 0 Å². The molecule has 0 spiro atoms. The summed E-state index contributed by atoms with van der Waals surface area (Å²) < 4.78 is 0. The van der Waals surface area contributed by atoms with Gasteiger partial charge in [0.05, 0.1) is 0 Å². The number of nitro groups is 1. The molecule has 0 saturated carbocycles. The van der Waals surface area contributed by atoms with Gasteiger partial charge in [0.1, 0.15) is 6.10 Å². The Hall–Kier alpha value is -0.640. The van der Waals surface area contributed by atoms with Crippen LogP contribution in [0.25, 0.3) is 0 Å². The van der Waals surface area contributed by atoms with E-state index < -0.39 is 12.1 Å². The predicted molar refractivity (Wildman–Crippen MR) is 74.3 cm³/mol. The van der Waals surface area contributed by atoms with E-state index in [1.165, 1.54) is 12.8 Å². The fourth-order valence-electron chi connectivity index (χ4n) is 2.19. The van der Waals surface area contributed by atoms with Crippen LogP contribution >= 0.6 is 0 Å². The topological polar surface area (TPSA) is 63.4 Å². The van der Waals surface area contributed by atoms with Crippen molar-refractivity contribution in [2.75, 3.05) is 0 Å². The monoisotopic (exact) mass is 259 g/mol. The van der Waals surface area contributed by atoms with Gasteiger partial charge in [0.2, 0.25) is 6.04 Å². The second kappa shape index (κ2) is 11.5. The standard InChI is InChI=1S/C14H29NO3/c1-3-5-7-8-10-11-13(15(17)18)14(16)12-9-6-4-2/h13-14,16H,3-12H2,1-2H3/t13-,14+/m0/s1. The van der Waals surface area contributed by atoms with E-state index in [0.717, 1.165) is 38.5 Å². The van der Waals surface area contributed by atoms with Crippen LogP contribution in [0.15, 0.2) is 0 Å². The Kier molecular flexibility index (Phi) is 11.0. The van der Waals surface area contributed by atoms with Crippen LogP contribution < -0.4 is 0 Å². The molecule has 4 nitrogen and oxygen atoms in total. The number of nitrogens with zero attached hydrogens (tertiary/aromatic N) is 1. The zero-order chi connectivity index (χ0) is 13.8. The summed E-state index contributed by atoms with van der Waals surface area (Å²) in [4.78, 5) is 10.6. The highest BCUT2D eigenvalue weighted by Crippen LogP contribution is 2.15. The second-order valence-corrected chi connectivity index (χ2v) is 5.12. The van der Waals surface area contributed by atoms with Crippen LogP contribution in [-0.4, -0.2) is 22.2 Å². The van der Waals surface area contributed by atoms with Gasteiger partial charge in [0, 0.05) is 11.3 Å². The first kappa shape index (κ1) is 17.4. The lowest BCUT2D eigenvalue weighted by molar-refractivity contribution is -0.535. The zero-order valence-electron chi connectivity index (χ0n) is 11.9. The van der Waals surface area contributed by atoms with Crippen LogP contribution in [0.5, 0.6) is 0 Å². The lowest BCUT2D eigenvalue weighted by Gasteiger charge is -2.15. The van der Waals surface area contributed by atoms with Crippen molar-refractivity contribution in [1.29, 1.82) is 0 Å². The highest BCUT2D eigenvalue weighted by molar-refractivity contribution is 4.68. The van der Waals surface area contributed by atoms with E-state index in [4.69, 9.17) is 0 Å². The molecular weight excluding hydrogens is 230 g/mol. The minimum Gasteiger partial charge on any atom is -0.386 e. The number of unbranched alkanes of at least 4 members (excludes halogenated alkanes) is 6. The van der Waals surface area contributed by atoms with Gasteiger partial charge in [0.15, 0.2) is 0 Å². The summed E-state index contributed by atoms with van der Waals surface area (Å²) in [5.41, 5.74) is 0. The summed E-state index contributed by atoms with van der Waals surface area (Å²) in [6.07, 6.45) is 8.74. The van der Waals surface area contributed by atoms with Gasteiger partial charge in [0.25, 0.3) is 0 Å². The first-order valence-electron chi connectivity index (χ1n) is 7.45. The SMILES string of the molecule is CCCCCCC[C@@H]([C@H](O)CCCCC)[N+](=O)[O-]. The highest BCUT2D eigenvalue weighted by atomic mass is 16.6. The molecule has 0 amide bonds. The Bertz CT molecular complexity index is 209. The Balaban J connectivity index is 3.86.